The first-order chi connectivity index (χ1) is 9.31. The zero-order valence-electron chi connectivity index (χ0n) is 11.8. The Morgan fingerprint density at radius 2 is 1.84 bits per heavy atom. The SMILES string of the molecule is CCCCCCCC=CC=CCNC(=O)NCC#N. The fourth-order valence-electron chi connectivity index (χ4n) is 1.52. The number of nitrogens with zero attached hydrogens (tertiary/aromatic N) is 1. The summed E-state index contributed by atoms with van der Waals surface area (Å²) in [7, 11) is 0. The van der Waals surface area contributed by atoms with Crippen LogP contribution < -0.4 is 10.6 Å². The molecule has 2 amide bonds. The van der Waals surface area contributed by atoms with Crippen molar-refractivity contribution in [1.82, 2.24) is 10.6 Å². The third kappa shape index (κ3) is 14.2. The van der Waals surface area contributed by atoms with Crippen molar-refractivity contribution in [2.45, 2.75) is 45.4 Å². The molecule has 0 unspecified atom stereocenters. The van der Waals surface area contributed by atoms with Crippen LogP contribution in [0.5, 0.6) is 0 Å². The standard InChI is InChI=1S/C15H25N3O/c1-2-3-4-5-6-7-8-9-10-11-13-17-15(19)18-14-12-16/h8-11H,2-7,13-14H2,1H3,(H2,17,18,19). The third-order valence-electron chi connectivity index (χ3n) is 2.57. The molecule has 4 heteroatoms. The van der Waals surface area contributed by atoms with Crippen LogP contribution in [0.3, 0.4) is 0 Å². The van der Waals surface area contributed by atoms with Crippen molar-refractivity contribution in [2.24, 2.45) is 0 Å². The lowest BCUT2D eigenvalue weighted by atomic mass is 10.1. The van der Waals surface area contributed by atoms with Crippen molar-refractivity contribution in [3.05, 3.63) is 24.3 Å². The van der Waals surface area contributed by atoms with Gasteiger partial charge in [-0.2, -0.15) is 5.26 Å². The molecule has 0 heterocycles. The molecule has 2 N–H and O–H groups in total. The van der Waals surface area contributed by atoms with E-state index in [0.29, 0.717) is 6.54 Å². The van der Waals surface area contributed by atoms with Crippen LogP contribution in [0.4, 0.5) is 4.79 Å². The molecule has 0 aliphatic heterocycles. The van der Waals surface area contributed by atoms with E-state index in [1.807, 2.05) is 24.3 Å². The average molecular weight is 263 g/mol. The summed E-state index contributed by atoms with van der Waals surface area (Å²) in [5.41, 5.74) is 0. The van der Waals surface area contributed by atoms with Gasteiger partial charge in [0.15, 0.2) is 0 Å². The molecular weight excluding hydrogens is 238 g/mol. The molecule has 0 saturated heterocycles. The Balaban J connectivity index is 3.37. The lowest BCUT2D eigenvalue weighted by Gasteiger charge is -2.00. The summed E-state index contributed by atoms with van der Waals surface area (Å²) in [6.07, 6.45) is 15.6. The molecule has 0 saturated carbocycles. The molecule has 0 radical (unpaired) electrons. The van der Waals surface area contributed by atoms with E-state index in [1.165, 1.54) is 32.1 Å². The number of urea groups is 1. The third-order valence-corrected chi connectivity index (χ3v) is 2.57. The molecule has 0 bridgehead atoms. The first-order valence-electron chi connectivity index (χ1n) is 7.01. The molecule has 4 nitrogen and oxygen atoms in total. The van der Waals surface area contributed by atoms with E-state index in [1.54, 1.807) is 0 Å². The van der Waals surface area contributed by atoms with E-state index in [9.17, 15) is 4.79 Å². The molecule has 0 atom stereocenters. The predicted octanol–water partition coefficient (Wildman–Crippen LogP) is 3.28. The molecule has 0 spiro atoms. The van der Waals surface area contributed by atoms with Crippen LogP contribution in [-0.2, 0) is 0 Å². The summed E-state index contributed by atoms with van der Waals surface area (Å²) in [4.78, 5) is 11.0. The van der Waals surface area contributed by atoms with Crippen molar-refractivity contribution in [2.75, 3.05) is 13.1 Å². The molecule has 0 aromatic carbocycles. The summed E-state index contributed by atoms with van der Waals surface area (Å²) in [6, 6.07) is 1.53. The minimum Gasteiger partial charge on any atom is -0.335 e. The Hall–Kier alpha value is -1.76. The Bertz CT molecular complexity index is 316. The van der Waals surface area contributed by atoms with E-state index >= 15 is 0 Å². The molecule has 0 rings (SSSR count). The lowest BCUT2D eigenvalue weighted by Crippen LogP contribution is -2.35. The Labute approximate surface area is 116 Å². The van der Waals surface area contributed by atoms with Gasteiger partial charge in [0.05, 0.1) is 6.07 Å². The number of carbonyl (C=O) groups excluding carboxylic acids is 1. The van der Waals surface area contributed by atoms with Crippen LogP contribution in [0.25, 0.3) is 0 Å². The fourth-order valence-corrected chi connectivity index (χ4v) is 1.52. The number of hydrogen-bond donors (Lipinski definition) is 2. The maximum absolute atomic E-state index is 11.0. The molecule has 19 heavy (non-hydrogen) atoms. The number of rotatable bonds is 10. The molecule has 0 aliphatic rings. The predicted molar refractivity (Wildman–Crippen MR) is 78.7 cm³/mol. The molecule has 0 aliphatic carbocycles. The van der Waals surface area contributed by atoms with Gasteiger partial charge in [0.1, 0.15) is 6.54 Å². The van der Waals surface area contributed by atoms with Gasteiger partial charge in [-0.15, -0.1) is 0 Å². The van der Waals surface area contributed by atoms with Crippen molar-refractivity contribution < 1.29 is 4.79 Å². The number of amides is 2. The van der Waals surface area contributed by atoms with Crippen LogP contribution >= 0.6 is 0 Å². The smallest absolute Gasteiger partial charge is 0.315 e. The zero-order valence-corrected chi connectivity index (χ0v) is 11.8. The van der Waals surface area contributed by atoms with Crippen LogP contribution in [0.1, 0.15) is 45.4 Å². The Kier molecular flexibility index (Phi) is 13.0. The van der Waals surface area contributed by atoms with Crippen molar-refractivity contribution in [3.63, 3.8) is 0 Å². The van der Waals surface area contributed by atoms with E-state index in [-0.39, 0.29) is 12.6 Å². The maximum Gasteiger partial charge on any atom is 0.315 e. The maximum atomic E-state index is 11.0. The first-order valence-corrected chi connectivity index (χ1v) is 7.01. The number of nitrogens with one attached hydrogen (secondary N) is 2. The second kappa shape index (κ2) is 14.3. The Morgan fingerprint density at radius 1 is 1.11 bits per heavy atom. The molecule has 106 valence electrons. The number of carbonyl (C=O) groups is 1. The van der Waals surface area contributed by atoms with E-state index in [2.05, 4.69) is 23.6 Å². The minimum atomic E-state index is -0.314. The highest BCUT2D eigenvalue weighted by Crippen LogP contribution is 2.05. The van der Waals surface area contributed by atoms with Gasteiger partial charge in [-0.1, -0.05) is 56.9 Å². The second-order valence-electron chi connectivity index (χ2n) is 4.28. The summed E-state index contributed by atoms with van der Waals surface area (Å²) in [5, 5.41) is 13.3. The molecule has 0 aromatic heterocycles. The zero-order chi connectivity index (χ0) is 14.2. The second-order valence-corrected chi connectivity index (χ2v) is 4.28. The highest BCUT2D eigenvalue weighted by atomic mass is 16.2. The first kappa shape index (κ1) is 17.2. The van der Waals surface area contributed by atoms with Gasteiger partial charge < -0.3 is 10.6 Å². The van der Waals surface area contributed by atoms with E-state index in [4.69, 9.17) is 5.26 Å². The largest absolute Gasteiger partial charge is 0.335 e. The Morgan fingerprint density at radius 3 is 2.58 bits per heavy atom. The van der Waals surface area contributed by atoms with Gasteiger partial charge in [0.2, 0.25) is 0 Å². The van der Waals surface area contributed by atoms with Gasteiger partial charge in [0.25, 0.3) is 0 Å². The highest BCUT2D eigenvalue weighted by Gasteiger charge is 1.93. The van der Waals surface area contributed by atoms with Crippen molar-refractivity contribution >= 4 is 6.03 Å². The van der Waals surface area contributed by atoms with Gasteiger partial charge in [-0.05, 0) is 12.8 Å². The van der Waals surface area contributed by atoms with Gasteiger partial charge in [0, 0.05) is 6.54 Å². The number of hydrogen-bond acceptors (Lipinski definition) is 2. The van der Waals surface area contributed by atoms with Crippen molar-refractivity contribution in [1.29, 1.82) is 5.26 Å². The molecule has 0 fully saturated rings. The normalized spacial score (nSPS) is 10.7. The quantitative estimate of drug-likeness (QED) is 0.361. The summed E-state index contributed by atoms with van der Waals surface area (Å²) < 4.78 is 0. The fraction of sp³-hybridized carbons (Fsp3) is 0.600. The van der Waals surface area contributed by atoms with Gasteiger partial charge in [-0.25, -0.2) is 4.79 Å². The molecule has 0 aromatic rings. The summed E-state index contributed by atoms with van der Waals surface area (Å²) >= 11 is 0. The molecular formula is C15H25N3O. The number of allylic oxidation sites excluding steroid dienone is 3. The minimum absolute atomic E-state index is 0.0352. The monoisotopic (exact) mass is 263 g/mol. The van der Waals surface area contributed by atoms with Crippen LogP contribution in [0.15, 0.2) is 24.3 Å². The lowest BCUT2D eigenvalue weighted by molar-refractivity contribution is 0.243. The van der Waals surface area contributed by atoms with Crippen LogP contribution in [0, 0.1) is 11.3 Å². The number of unbranched alkanes of at least 4 members (excludes halogenated alkanes) is 5. The van der Waals surface area contributed by atoms with Crippen LogP contribution in [0.2, 0.25) is 0 Å². The number of nitriles is 1. The van der Waals surface area contributed by atoms with Gasteiger partial charge in [-0.3, -0.25) is 0 Å². The van der Waals surface area contributed by atoms with Crippen LogP contribution in [-0.4, -0.2) is 19.1 Å². The van der Waals surface area contributed by atoms with Gasteiger partial charge >= 0.3 is 6.03 Å². The van der Waals surface area contributed by atoms with E-state index in [0.717, 1.165) is 6.42 Å². The van der Waals surface area contributed by atoms with E-state index < -0.39 is 0 Å². The average Bonchev–Trinajstić information content (AvgIpc) is 2.42. The summed E-state index contributed by atoms with van der Waals surface area (Å²) in [5.74, 6) is 0. The van der Waals surface area contributed by atoms with Crippen molar-refractivity contribution in [3.8, 4) is 6.07 Å². The summed E-state index contributed by atoms with van der Waals surface area (Å²) in [6.45, 7) is 2.73. The topological polar surface area (TPSA) is 64.9 Å². The highest BCUT2D eigenvalue weighted by molar-refractivity contribution is 5.74.